The molecule has 0 amide bonds. The summed E-state index contributed by atoms with van der Waals surface area (Å²) >= 11 is 0. The Kier molecular flexibility index (Phi) is 5.39. The Bertz CT molecular complexity index is 538. The van der Waals surface area contributed by atoms with E-state index in [2.05, 4.69) is 4.74 Å². The number of carboxylic acid groups (broad SMARTS) is 1. The third kappa shape index (κ3) is 4.55. The minimum atomic E-state index is -3.19. The number of nitrogens with zero attached hydrogens (tertiary/aromatic N) is 2. The maximum absolute atomic E-state index is 12.3. The molecule has 1 unspecified atom stereocenters. The molecule has 0 fully saturated rings. The van der Waals surface area contributed by atoms with Crippen LogP contribution < -0.4 is 9.64 Å². The lowest BCUT2D eigenvalue weighted by Gasteiger charge is -2.22. The average Bonchev–Trinajstić information content (AvgIpc) is 2.37. The lowest BCUT2D eigenvalue weighted by molar-refractivity contribution is -0.386. The van der Waals surface area contributed by atoms with E-state index >= 15 is 0 Å². The highest BCUT2D eigenvalue weighted by molar-refractivity contribution is 5.70. The molecule has 0 saturated heterocycles. The zero-order valence-electron chi connectivity index (χ0n) is 11.3. The lowest BCUT2D eigenvalue weighted by Crippen LogP contribution is -2.28. The van der Waals surface area contributed by atoms with Gasteiger partial charge in [0.1, 0.15) is 0 Å². The number of anilines is 1. The third-order valence-corrected chi connectivity index (χ3v) is 2.77. The van der Waals surface area contributed by atoms with Gasteiger partial charge in [0.15, 0.2) is 0 Å². The zero-order valence-corrected chi connectivity index (χ0v) is 11.3. The molecule has 0 heterocycles. The fourth-order valence-corrected chi connectivity index (χ4v) is 1.68. The third-order valence-electron chi connectivity index (χ3n) is 2.77. The van der Waals surface area contributed by atoms with E-state index in [0.717, 1.165) is 12.1 Å². The molecule has 9 heteroatoms. The molecule has 1 N–H and O–H groups in total. The van der Waals surface area contributed by atoms with Crippen LogP contribution in [0, 0.1) is 16.0 Å². The van der Waals surface area contributed by atoms with Gasteiger partial charge in [0.05, 0.1) is 10.8 Å². The summed E-state index contributed by atoms with van der Waals surface area (Å²) in [6.45, 7) is -1.59. The van der Waals surface area contributed by atoms with E-state index in [9.17, 15) is 23.7 Å². The normalized spacial score (nSPS) is 12.0. The Morgan fingerprint density at radius 3 is 2.62 bits per heavy atom. The number of alkyl halides is 2. The number of nitro groups is 1. The van der Waals surface area contributed by atoms with Crippen LogP contribution in [0.3, 0.4) is 0 Å². The summed E-state index contributed by atoms with van der Waals surface area (Å²) in [5.74, 6) is -2.26. The van der Waals surface area contributed by atoms with E-state index in [4.69, 9.17) is 5.11 Å². The van der Waals surface area contributed by atoms with Gasteiger partial charge in [-0.15, -0.1) is 0 Å². The number of aliphatic carboxylic acids is 1. The second kappa shape index (κ2) is 6.82. The fraction of sp³-hybridized carbons (Fsp3) is 0.417. The van der Waals surface area contributed by atoms with Crippen LogP contribution in [-0.4, -0.2) is 36.2 Å². The summed E-state index contributed by atoms with van der Waals surface area (Å²) in [6, 6.07) is 3.46. The first-order chi connectivity index (χ1) is 9.72. The Balaban J connectivity index is 3.03. The standard InChI is InChI=1S/C12H14F2N2O5/c1-7(11(17)18)6-15(2)8-3-4-9(16(19)20)10(5-8)21-12(13)14/h3-5,7,12H,6H2,1-2H3,(H,17,18). The van der Waals surface area contributed by atoms with Crippen LogP contribution in [0.15, 0.2) is 18.2 Å². The van der Waals surface area contributed by atoms with Gasteiger partial charge in [0.25, 0.3) is 0 Å². The number of rotatable bonds is 7. The minimum absolute atomic E-state index is 0.112. The van der Waals surface area contributed by atoms with Crippen LogP contribution in [0.5, 0.6) is 5.75 Å². The number of benzene rings is 1. The van der Waals surface area contributed by atoms with Crippen molar-refractivity contribution in [2.24, 2.45) is 5.92 Å². The molecular weight excluding hydrogens is 290 g/mol. The first-order valence-corrected chi connectivity index (χ1v) is 5.89. The molecule has 0 aliphatic heterocycles. The van der Waals surface area contributed by atoms with E-state index in [-0.39, 0.29) is 6.54 Å². The van der Waals surface area contributed by atoms with Gasteiger partial charge in [0.2, 0.25) is 5.75 Å². The SMILES string of the molecule is CC(CN(C)c1ccc([N+](=O)[O-])c(OC(F)F)c1)C(=O)O. The molecule has 0 spiro atoms. The minimum Gasteiger partial charge on any atom is -0.481 e. The highest BCUT2D eigenvalue weighted by atomic mass is 19.3. The van der Waals surface area contributed by atoms with Gasteiger partial charge in [-0.3, -0.25) is 14.9 Å². The molecule has 1 rings (SSSR count). The second-order valence-corrected chi connectivity index (χ2v) is 4.41. The number of carbonyl (C=O) groups is 1. The van der Waals surface area contributed by atoms with Crippen molar-refractivity contribution in [2.75, 3.05) is 18.5 Å². The number of carboxylic acids is 1. The second-order valence-electron chi connectivity index (χ2n) is 4.41. The molecule has 0 aromatic heterocycles. The van der Waals surface area contributed by atoms with Crippen LogP contribution in [0.4, 0.5) is 20.2 Å². The van der Waals surface area contributed by atoms with Crippen LogP contribution in [0.1, 0.15) is 6.92 Å². The molecule has 0 aliphatic rings. The zero-order chi connectivity index (χ0) is 16.2. The number of hydrogen-bond acceptors (Lipinski definition) is 5. The van der Waals surface area contributed by atoms with Crippen molar-refractivity contribution in [3.05, 3.63) is 28.3 Å². The van der Waals surface area contributed by atoms with E-state index in [1.807, 2.05) is 0 Å². The summed E-state index contributed by atoms with van der Waals surface area (Å²) in [5, 5.41) is 19.6. The van der Waals surface area contributed by atoms with Gasteiger partial charge in [-0.25, -0.2) is 0 Å². The Hall–Kier alpha value is -2.45. The van der Waals surface area contributed by atoms with E-state index in [0.29, 0.717) is 5.69 Å². The molecule has 0 radical (unpaired) electrons. The molecule has 0 saturated carbocycles. The van der Waals surface area contributed by atoms with Gasteiger partial charge < -0.3 is 14.7 Å². The lowest BCUT2D eigenvalue weighted by atomic mass is 10.1. The van der Waals surface area contributed by atoms with Crippen molar-refractivity contribution < 1.29 is 28.3 Å². The quantitative estimate of drug-likeness (QED) is 0.614. The van der Waals surface area contributed by atoms with Gasteiger partial charge >= 0.3 is 18.3 Å². The van der Waals surface area contributed by atoms with Gasteiger partial charge in [-0.1, -0.05) is 6.92 Å². The molecule has 1 aromatic rings. The van der Waals surface area contributed by atoms with Crippen molar-refractivity contribution in [3.63, 3.8) is 0 Å². The number of nitro benzene ring substituents is 1. The first kappa shape index (κ1) is 16.6. The number of hydrogen-bond donors (Lipinski definition) is 1. The fourth-order valence-electron chi connectivity index (χ4n) is 1.68. The van der Waals surface area contributed by atoms with Crippen LogP contribution in [0.2, 0.25) is 0 Å². The number of halogens is 2. The summed E-state index contributed by atoms with van der Waals surface area (Å²) in [4.78, 5) is 22.2. The van der Waals surface area contributed by atoms with Crippen LogP contribution in [-0.2, 0) is 4.79 Å². The van der Waals surface area contributed by atoms with E-state index < -0.39 is 34.9 Å². The van der Waals surface area contributed by atoms with E-state index in [1.165, 1.54) is 17.9 Å². The monoisotopic (exact) mass is 304 g/mol. The molecule has 116 valence electrons. The summed E-state index contributed by atoms with van der Waals surface area (Å²) in [6.07, 6.45) is 0. The maximum atomic E-state index is 12.3. The Morgan fingerprint density at radius 2 is 2.14 bits per heavy atom. The van der Waals surface area contributed by atoms with Crippen molar-refractivity contribution in [3.8, 4) is 5.75 Å². The number of ether oxygens (including phenoxy) is 1. The Labute approximate surface area is 118 Å². The van der Waals surface area contributed by atoms with Crippen LogP contribution in [0.25, 0.3) is 0 Å². The van der Waals surface area contributed by atoms with Crippen molar-refractivity contribution in [2.45, 2.75) is 13.5 Å². The maximum Gasteiger partial charge on any atom is 0.387 e. The largest absolute Gasteiger partial charge is 0.481 e. The van der Waals surface area contributed by atoms with Gasteiger partial charge in [-0.05, 0) is 6.07 Å². The molecule has 21 heavy (non-hydrogen) atoms. The highest BCUT2D eigenvalue weighted by Gasteiger charge is 2.21. The highest BCUT2D eigenvalue weighted by Crippen LogP contribution is 2.32. The van der Waals surface area contributed by atoms with Crippen molar-refractivity contribution in [1.82, 2.24) is 0 Å². The first-order valence-electron chi connectivity index (χ1n) is 5.89. The smallest absolute Gasteiger partial charge is 0.387 e. The predicted molar refractivity (Wildman–Crippen MR) is 69.8 cm³/mol. The topological polar surface area (TPSA) is 92.9 Å². The molecule has 0 aliphatic carbocycles. The van der Waals surface area contributed by atoms with E-state index in [1.54, 1.807) is 7.05 Å². The molecule has 0 bridgehead atoms. The summed E-state index contributed by atoms with van der Waals surface area (Å²) in [5.41, 5.74) is -0.247. The summed E-state index contributed by atoms with van der Waals surface area (Å²) < 4.78 is 28.7. The summed E-state index contributed by atoms with van der Waals surface area (Å²) in [7, 11) is 1.55. The molecule has 7 nitrogen and oxygen atoms in total. The van der Waals surface area contributed by atoms with Crippen LogP contribution >= 0.6 is 0 Å². The predicted octanol–water partition coefficient (Wildman–Crippen LogP) is 2.35. The van der Waals surface area contributed by atoms with Gasteiger partial charge in [0, 0.05) is 31.4 Å². The van der Waals surface area contributed by atoms with Gasteiger partial charge in [-0.2, -0.15) is 8.78 Å². The average molecular weight is 304 g/mol. The molecular formula is C12H14F2N2O5. The molecule has 1 atom stereocenters. The Morgan fingerprint density at radius 1 is 1.52 bits per heavy atom. The van der Waals surface area contributed by atoms with Crippen molar-refractivity contribution in [1.29, 1.82) is 0 Å². The molecule has 1 aromatic carbocycles. The van der Waals surface area contributed by atoms with Crippen molar-refractivity contribution >= 4 is 17.3 Å².